The van der Waals surface area contributed by atoms with Crippen molar-refractivity contribution in [2.45, 2.75) is 37.6 Å². The molecule has 1 heterocycles. The summed E-state index contributed by atoms with van der Waals surface area (Å²) in [5.74, 6) is -0.600. The second-order valence-electron chi connectivity index (χ2n) is 7.40. The van der Waals surface area contributed by atoms with Crippen LogP contribution in [0.5, 0.6) is 0 Å². The molecule has 1 saturated carbocycles. The van der Waals surface area contributed by atoms with Crippen LogP contribution in [-0.2, 0) is 9.59 Å². The van der Waals surface area contributed by atoms with Crippen LogP contribution in [0.3, 0.4) is 0 Å². The molecule has 4 rings (SSSR count). The molecule has 6 nitrogen and oxygen atoms in total. The second kappa shape index (κ2) is 6.68. The number of likely N-dealkylation sites (N-methyl/N-ethyl adjacent to an activating group) is 1. The first-order valence-corrected chi connectivity index (χ1v) is 9.40. The van der Waals surface area contributed by atoms with E-state index < -0.39 is 5.54 Å². The topological polar surface area (TPSA) is 69.7 Å². The fraction of sp³-hybridized carbons (Fsp3) is 0.381. The molecule has 4 amide bonds. The summed E-state index contributed by atoms with van der Waals surface area (Å²) in [4.78, 5) is 40.9. The van der Waals surface area contributed by atoms with Gasteiger partial charge in [-0.1, -0.05) is 55.7 Å². The predicted molar refractivity (Wildman–Crippen MR) is 103 cm³/mol. The summed E-state index contributed by atoms with van der Waals surface area (Å²) in [5, 5.41) is 4.80. The Morgan fingerprint density at radius 3 is 2.52 bits per heavy atom. The largest absolute Gasteiger partial charge is 0.327 e. The lowest BCUT2D eigenvalue weighted by Gasteiger charge is -2.35. The van der Waals surface area contributed by atoms with Crippen LogP contribution in [-0.4, -0.2) is 46.8 Å². The van der Waals surface area contributed by atoms with Gasteiger partial charge in [-0.3, -0.25) is 14.5 Å². The molecular formula is C21H23N3O3. The highest BCUT2D eigenvalue weighted by molar-refractivity contribution is 6.11. The third-order valence-electron chi connectivity index (χ3n) is 5.85. The predicted octanol–water partition coefficient (Wildman–Crippen LogP) is 3.38. The molecule has 2 aromatic rings. The molecule has 140 valence electrons. The third-order valence-corrected chi connectivity index (χ3v) is 5.85. The second-order valence-corrected chi connectivity index (χ2v) is 7.40. The van der Waals surface area contributed by atoms with E-state index in [2.05, 4.69) is 5.32 Å². The molecule has 1 aliphatic heterocycles. The van der Waals surface area contributed by atoms with E-state index >= 15 is 0 Å². The molecular weight excluding hydrogens is 342 g/mol. The maximum atomic E-state index is 13.0. The first-order chi connectivity index (χ1) is 13.0. The summed E-state index contributed by atoms with van der Waals surface area (Å²) in [6.07, 6.45) is 4.29. The Morgan fingerprint density at radius 1 is 1.04 bits per heavy atom. The lowest BCUT2D eigenvalue weighted by molar-refractivity contribution is -0.136. The SMILES string of the molecule is CN1C(=O)N(CC(=O)Nc2cccc3ccccc23)C(=O)C12CCCCC2. The number of nitrogens with zero attached hydrogens (tertiary/aromatic N) is 2. The maximum Gasteiger partial charge on any atom is 0.327 e. The number of fused-ring (bicyclic) bond motifs is 1. The molecule has 0 atom stereocenters. The lowest BCUT2D eigenvalue weighted by atomic mass is 9.81. The van der Waals surface area contributed by atoms with Crippen LogP contribution in [0.1, 0.15) is 32.1 Å². The maximum absolute atomic E-state index is 13.0. The van der Waals surface area contributed by atoms with Crippen LogP contribution in [0.4, 0.5) is 10.5 Å². The normalized spacial score (nSPS) is 19.1. The van der Waals surface area contributed by atoms with Crippen LogP contribution >= 0.6 is 0 Å². The molecule has 27 heavy (non-hydrogen) atoms. The molecule has 1 aliphatic carbocycles. The van der Waals surface area contributed by atoms with Crippen LogP contribution in [0, 0.1) is 0 Å². The average molecular weight is 365 g/mol. The number of nitrogens with one attached hydrogen (secondary N) is 1. The van der Waals surface area contributed by atoms with Gasteiger partial charge in [0.2, 0.25) is 5.91 Å². The van der Waals surface area contributed by atoms with Gasteiger partial charge in [-0.2, -0.15) is 0 Å². The average Bonchev–Trinajstić information content (AvgIpc) is 2.85. The molecule has 0 aromatic heterocycles. The van der Waals surface area contributed by atoms with Crippen molar-refractivity contribution in [1.82, 2.24) is 9.80 Å². The number of hydrogen-bond donors (Lipinski definition) is 1. The number of carbonyl (C=O) groups excluding carboxylic acids is 3. The molecule has 2 aromatic carbocycles. The van der Waals surface area contributed by atoms with Gasteiger partial charge in [-0.25, -0.2) is 4.79 Å². The van der Waals surface area contributed by atoms with Gasteiger partial charge in [0, 0.05) is 18.1 Å². The zero-order chi connectivity index (χ0) is 19.0. The summed E-state index contributed by atoms with van der Waals surface area (Å²) < 4.78 is 0. The minimum Gasteiger partial charge on any atom is -0.324 e. The number of rotatable bonds is 3. The Morgan fingerprint density at radius 2 is 1.74 bits per heavy atom. The van der Waals surface area contributed by atoms with E-state index in [9.17, 15) is 14.4 Å². The molecule has 0 unspecified atom stereocenters. The van der Waals surface area contributed by atoms with Crippen molar-refractivity contribution in [2.24, 2.45) is 0 Å². The highest BCUT2D eigenvalue weighted by Gasteiger charge is 2.55. The van der Waals surface area contributed by atoms with E-state index in [0.717, 1.165) is 34.9 Å². The van der Waals surface area contributed by atoms with Gasteiger partial charge in [0.05, 0.1) is 0 Å². The van der Waals surface area contributed by atoms with Crippen molar-refractivity contribution in [3.05, 3.63) is 42.5 Å². The summed E-state index contributed by atoms with van der Waals surface area (Å²) in [6, 6.07) is 13.0. The fourth-order valence-electron chi connectivity index (χ4n) is 4.34. The van der Waals surface area contributed by atoms with Gasteiger partial charge >= 0.3 is 6.03 Å². The van der Waals surface area contributed by atoms with Gasteiger partial charge < -0.3 is 10.2 Å². The highest BCUT2D eigenvalue weighted by atomic mass is 16.2. The third kappa shape index (κ3) is 2.85. The number of imide groups is 1. The Balaban J connectivity index is 1.52. The Bertz CT molecular complexity index is 913. The number of hydrogen-bond acceptors (Lipinski definition) is 3. The molecule has 1 saturated heterocycles. The minimum absolute atomic E-state index is 0.234. The molecule has 2 aliphatic rings. The van der Waals surface area contributed by atoms with Gasteiger partial charge in [-0.05, 0) is 24.3 Å². The molecule has 6 heteroatoms. The number of amides is 4. The van der Waals surface area contributed by atoms with Gasteiger partial charge in [0.1, 0.15) is 12.1 Å². The summed E-state index contributed by atoms with van der Waals surface area (Å²) >= 11 is 0. The Hall–Kier alpha value is -2.89. The van der Waals surface area contributed by atoms with Crippen molar-refractivity contribution in [3.63, 3.8) is 0 Å². The molecule has 1 spiro atoms. The van der Waals surface area contributed by atoms with Crippen LogP contribution in [0.25, 0.3) is 10.8 Å². The van der Waals surface area contributed by atoms with Crippen molar-refractivity contribution in [2.75, 3.05) is 18.9 Å². The van der Waals surface area contributed by atoms with Crippen LogP contribution in [0.15, 0.2) is 42.5 Å². The Kier molecular flexibility index (Phi) is 4.34. The van der Waals surface area contributed by atoms with E-state index in [1.54, 1.807) is 11.9 Å². The summed E-state index contributed by atoms with van der Waals surface area (Å²) in [5.41, 5.74) is -0.0763. The van der Waals surface area contributed by atoms with Crippen LogP contribution in [0.2, 0.25) is 0 Å². The molecule has 2 fully saturated rings. The van der Waals surface area contributed by atoms with E-state index in [1.165, 1.54) is 0 Å². The number of anilines is 1. The smallest absolute Gasteiger partial charge is 0.324 e. The zero-order valence-electron chi connectivity index (χ0n) is 15.4. The number of urea groups is 1. The van der Waals surface area contributed by atoms with Crippen molar-refractivity contribution < 1.29 is 14.4 Å². The fourth-order valence-corrected chi connectivity index (χ4v) is 4.34. The zero-order valence-corrected chi connectivity index (χ0v) is 15.4. The lowest BCUT2D eigenvalue weighted by Crippen LogP contribution is -2.49. The molecule has 0 radical (unpaired) electrons. The van der Waals surface area contributed by atoms with E-state index in [4.69, 9.17) is 0 Å². The van der Waals surface area contributed by atoms with E-state index in [1.807, 2.05) is 42.5 Å². The van der Waals surface area contributed by atoms with Crippen molar-refractivity contribution in [3.8, 4) is 0 Å². The van der Waals surface area contributed by atoms with Crippen LogP contribution < -0.4 is 5.32 Å². The van der Waals surface area contributed by atoms with Gasteiger partial charge in [0.25, 0.3) is 5.91 Å². The monoisotopic (exact) mass is 365 g/mol. The van der Waals surface area contributed by atoms with Gasteiger partial charge in [0.15, 0.2) is 0 Å². The number of carbonyl (C=O) groups is 3. The number of benzene rings is 2. The molecule has 1 N–H and O–H groups in total. The van der Waals surface area contributed by atoms with Crippen molar-refractivity contribution in [1.29, 1.82) is 0 Å². The van der Waals surface area contributed by atoms with E-state index in [0.29, 0.717) is 18.5 Å². The quantitative estimate of drug-likeness (QED) is 0.848. The van der Waals surface area contributed by atoms with E-state index in [-0.39, 0.29) is 24.4 Å². The van der Waals surface area contributed by atoms with Gasteiger partial charge in [-0.15, -0.1) is 0 Å². The first-order valence-electron chi connectivity index (χ1n) is 9.40. The Labute approximate surface area is 158 Å². The molecule has 0 bridgehead atoms. The summed E-state index contributed by atoms with van der Waals surface area (Å²) in [7, 11) is 1.67. The van der Waals surface area contributed by atoms with Crippen molar-refractivity contribution >= 4 is 34.3 Å². The first kappa shape index (κ1) is 17.5. The highest BCUT2D eigenvalue weighted by Crippen LogP contribution is 2.39. The summed E-state index contributed by atoms with van der Waals surface area (Å²) in [6.45, 7) is -0.257. The standard InChI is InChI=1S/C21H23N3O3/c1-23-20(27)24(19(26)21(23)12-5-2-6-13-21)14-18(25)22-17-11-7-9-15-8-3-4-10-16(15)17/h3-4,7-11H,2,5-6,12-14H2,1H3,(H,22,25). The minimum atomic E-state index is -0.755.